The molecule has 0 aromatic rings. The summed E-state index contributed by atoms with van der Waals surface area (Å²) >= 11 is 0. The van der Waals surface area contributed by atoms with E-state index >= 15 is 0 Å². The highest BCUT2D eigenvalue weighted by Gasteiger charge is 2.30. The second-order valence-electron chi connectivity index (χ2n) is 26.3. The zero-order valence-electron chi connectivity index (χ0n) is 64.0. The van der Waals surface area contributed by atoms with Crippen LogP contribution < -0.4 is 0 Å². The minimum atomic E-state index is -5.00. The average Bonchev–Trinajstić information content (AvgIpc) is 0.909. The molecule has 0 heterocycles. The maximum absolute atomic E-state index is 13.1. The molecule has 3 N–H and O–H groups in total. The predicted molar refractivity (Wildman–Crippen MR) is 418 cm³/mol. The third kappa shape index (κ3) is 73.8. The average molecular weight is 1470 g/mol. The molecule has 0 rings (SSSR count). The quantitative estimate of drug-likeness (QED) is 0.0169. The Morgan fingerprint density at radius 2 is 0.490 bits per heavy atom. The summed E-state index contributed by atoms with van der Waals surface area (Å²) in [5.41, 5.74) is 0. The van der Waals surface area contributed by atoms with Gasteiger partial charge in [0.25, 0.3) is 0 Å². The van der Waals surface area contributed by atoms with Gasteiger partial charge in [-0.2, -0.15) is 0 Å². The molecule has 0 aliphatic heterocycles. The lowest BCUT2D eigenvalue weighted by atomic mass is 10.1. The van der Waals surface area contributed by atoms with E-state index < -0.39 is 97.5 Å². The number of phosphoric ester groups is 2. The summed E-state index contributed by atoms with van der Waals surface area (Å²) in [5, 5.41) is 10.6. The number of rotatable bonds is 74. The van der Waals surface area contributed by atoms with E-state index in [0.29, 0.717) is 38.5 Å². The van der Waals surface area contributed by atoms with Gasteiger partial charge >= 0.3 is 39.5 Å². The maximum Gasteiger partial charge on any atom is 0.472 e. The fourth-order valence-electron chi connectivity index (χ4n) is 10.3. The van der Waals surface area contributed by atoms with Crippen molar-refractivity contribution in [2.75, 3.05) is 39.6 Å². The van der Waals surface area contributed by atoms with Gasteiger partial charge in [-0.3, -0.25) is 37.3 Å². The molecule has 586 valence electrons. The number of ether oxygens (including phenoxy) is 4. The standard InChI is InChI=1S/C83H142O17P2/c1-5-9-13-17-21-25-29-33-36-38-41-45-48-52-56-60-64-68-81(86)94-73-78(99-82(87)69-65-61-57-53-49-43-32-28-24-20-16-12-8-4)75-97-101(89,90)95-71-77(84)72-96-102(91,92)98-76-79(74-93-80(85)67-63-59-55-51-47-44-40-35-31-27-23-19-15-11-7-3)100-83(88)70-66-62-58-54-50-46-42-39-37-34-30-26-22-18-14-10-6-2/h21-22,25-26,28,32-37,40-42,45-46,52,54,56,58,77-79,84H,5-20,23-24,27,29-31,38-39,43-44,47-51,53,55,57,59-76H2,1-4H3,(H,89,90)(H,91,92)/b25-21-,26-22-,32-28-,36-33-,37-34-,40-35-,45-41-,46-42-,56-52-,58-54-/t77?,78-,79-/m1/s1. The minimum absolute atomic E-state index is 0.0148. The van der Waals surface area contributed by atoms with Crippen LogP contribution in [0.5, 0.6) is 0 Å². The molecule has 17 nitrogen and oxygen atoms in total. The molecule has 0 saturated carbocycles. The van der Waals surface area contributed by atoms with Gasteiger partial charge in [0.1, 0.15) is 19.3 Å². The zero-order valence-corrected chi connectivity index (χ0v) is 65.8. The van der Waals surface area contributed by atoms with E-state index in [1.165, 1.54) is 103 Å². The first-order chi connectivity index (χ1) is 49.7. The lowest BCUT2D eigenvalue weighted by Gasteiger charge is -2.21. The highest BCUT2D eigenvalue weighted by molar-refractivity contribution is 7.47. The molecule has 3 unspecified atom stereocenters. The highest BCUT2D eigenvalue weighted by Crippen LogP contribution is 2.45. The number of carbonyl (C=O) groups is 4. The van der Waals surface area contributed by atoms with Gasteiger partial charge in [0.05, 0.1) is 26.4 Å². The lowest BCUT2D eigenvalue weighted by molar-refractivity contribution is -0.161. The molecule has 0 aromatic carbocycles. The molecule has 0 amide bonds. The van der Waals surface area contributed by atoms with Crippen LogP contribution in [0.15, 0.2) is 122 Å². The molecule has 102 heavy (non-hydrogen) atoms. The number of hydrogen-bond acceptors (Lipinski definition) is 15. The van der Waals surface area contributed by atoms with Gasteiger partial charge < -0.3 is 33.8 Å². The Balaban J connectivity index is 5.46. The smallest absolute Gasteiger partial charge is 0.462 e. The van der Waals surface area contributed by atoms with E-state index in [2.05, 4.69) is 125 Å². The summed E-state index contributed by atoms with van der Waals surface area (Å²) in [7, 11) is -9.99. The number of carbonyl (C=O) groups excluding carboxylic acids is 4. The van der Waals surface area contributed by atoms with Crippen LogP contribution in [0.2, 0.25) is 0 Å². The fraction of sp³-hybridized carbons (Fsp3) is 0.711. The van der Waals surface area contributed by atoms with E-state index in [9.17, 15) is 43.2 Å². The Kier molecular flexibility index (Phi) is 71.4. The number of aliphatic hydroxyl groups excluding tert-OH is 1. The molecule has 5 atom stereocenters. The van der Waals surface area contributed by atoms with Crippen LogP contribution in [0.4, 0.5) is 0 Å². The van der Waals surface area contributed by atoms with Gasteiger partial charge in [0, 0.05) is 25.7 Å². The molecule has 0 bridgehead atoms. The summed E-state index contributed by atoms with van der Waals surface area (Å²) < 4.78 is 68.4. The Bertz CT molecular complexity index is 2410. The largest absolute Gasteiger partial charge is 0.472 e. The van der Waals surface area contributed by atoms with Gasteiger partial charge in [0.2, 0.25) is 0 Å². The van der Waals surface area contributed by atoms with Gasteiger partial charge in [-0.25, -0.2) is 9.13 Å². The van der Waals surface area contributed by atoms with Gasteiger partial charge in [-0.15, -0.1) is 0 Å². The molecule has 0 aliphatic carbocycles. The molecule has 0 saturated heterocycles. The van der Waals surface area contributed by atoms with Gasteiger partial charge in [-0.05, 0) is 154 Å². The number of esters is 4. The Morgan fingerprint density at radius 3 is 0.824 bits per heavy atom. The molecule has 0 fully saturated rings. The Labute approximate surface area is 619 Å². The maximum atomic E-state index is 13.1. The van der Waals surface area contributed by atoms with Crippen LogP contribution in [-0.2, 0) is 65.4 Å². The molecule has 0 aliphatic rings. The third-order valence-corrected chi connectivity index (χ3v) is 18.3. The van der Waals surface area contributed by atoms with E-state index in [4.69, 9.17) is 37.0 Å². The van der Waals surface area contributed by atoms with Crippen molar-refractivity contribution in [3.63, 3.8) is 0 Å². The van der Waals surface area contributed by atoms with Crippen LogP contribution in [0, 0.1) is 0 Å². The van der Waals surface area contributed by atoms with Gasteiger partial charge in [0.15, 0.2) is 12.2 Å². The number of phosphoric acid groups is 2. The van der Waals surface area contributed by atoms with E-state index in [1.54, 1.807) is 0 Å². The van der Waals surface area contributed by atoms with Crippen molar-refractivity contribution >= 4 is 39.5 Å². The van der Waals surface area contributed by atoms with E-state index in [0.717, 1.165) is 128 Å². The lowest BCUT2D eigenvalue weighted by Crippen LogP contribution is -2.30. The molecular weight excluding hydrogens is 1330 g/mol. The van der Waals surface area contributed by atoms with Crippen molar-refractivity contribution in [3.05, 3.63) is 122 Å². The number of aliphatic hydroxyl groups is 1. The number of unbranched alkanes of at least 4 members (excludes halogenated alkanes) is 28. The van der Waals surface area contributed by atoms with Crippen LogP contribution >= 0.6 is 15.6 Å². The minimum Gasteiger partial charge on any atom is -0.462 e. The van der Waals surface area contributed by atoms with Crippen molar-refractivity contribution < 1.29 is 80.2 Å². The Hall–Kier alpha value is -4.54. The summed E-state index contributed by atoms with van der Waals surface area (Å²) in [6.07, 6.45) is 81.9. The van der Waals surface area contributed by atoms with Crippen molar-refractivity contribution in [2.45, 2.75) is 341 Å². The van der Waals surface area contributed by atoms with Crippen molar-refractivity contribution in [1.82, 2.24) is 0 Å². The summed E-state index contributed by atoms with van der Waals surface area (Å²) in [4.78, 5) is 72.9. The van der Waals surface area contributed by atoms with Gasteiger partial charge in [-0.1, -0.05) is 265 Å². The van der Waals surface area contributed by atoms with Crippen LogP contribution in [0.25, 0.3) is 0 Å². The first-order valence-corrected chi connectivity index (χ1v) is 42.8. The fourth-order valence-corrected chi connectivity index (χ4v) is 11.8. The zero-order chi connectivity index (χ0) is 74.6. The summed E-state index contributed by atoms with van der Waals surface area (Å²) in [6.45, 7) is 4.67. The molecule has 19 heteroatoms. The first-order valence-electron chi connectivity index (χ1n) is 39.8. The monoisotopic (exact) mass is 1470 g/mol. The second-order valence-corrected chi connectivity index (χ2v) is 29.2. The van der Waals surface area contributed by atoms with E-state index in [-0.39, 0.29) is 25.7 Å². The SMILES string of the molecule is CCCCC/C=C\C/C=C\C/C=C\C/C=C\CCCC(=O)OC[C@H](COP(=O)(O)OCC(O)COP(=O)(O)OC[C@@H](COC(=O)CCCCCCC/C=C\CCCCCCCC)OC(=O)CCC/C=C\C/C=C\C/C=C\C/C=C\CCCCC)OC(=O)CCCCCCC/C=C\CCCCCC. The number of allylic oxidation sites excluding steroid dienone is 20. The summed E-state index contributed by atoms with van der Waals surface area (Å²) in [6, 6.07) is 0. The van der Waals surface area contributed by atoms with Crippen LogP contribution in [0.3, 0.4) is 0 Å². The molecule has 0 spiro atoms. The Morgan fingerprint density at radius 1 is 0.275 bits per heavy atom. The van der Waals surface area contributed by atoms with Crippen molar-refractivity contribution in [2.24, 2.45) is 0 Å². The third-order valence-electron chi connectivity index (χ3n) is 16.4. The number of hydrogen-bond donors (Lipinski definition) is 3. The van der Waals surface area contributed by atoms with Crippen LogP contribution in [0.1, 0.15) is 323 Å². The normalized spacial score (nSPS) is 14.5. The second kappa shape index (κ2) is 74.7. The molecule has 0 radical (unpaired) electrons. The van der Waals surface area contributed by atoms with Crippen molar-refractivity contribution in [3.8, 4) is 0 Å². The van der Waals surface area contributed by atoms with Crippen molar-refractivity contribution in [1.29, 1.82) is 0 Å². The molecule has 0 aromatic heterocycles. The van der Waals surface area contributed by atoms with Crippen LogP contribution in [-0.4, -0.2) is 96.7 Å². The predicted octanol–water partition coefficient (Wildman–Crippen LogP) is 23.1. The summed E-state index contributed by atoms with van der Waals surface area (Å²) in [5.74, 6) is -2.32. The molecular formula is C83H142O17P2. The topological polar surface area (TPSA) is 237 Å². The van der Waals surface area contributed by atoms with E-state index in [1.807, 2.05) is 24.3 Å². The highest BCUT2D eigenvalue weighted by atomic mass is 31.2. The first kappa shape index (κ1) is 97.5.